The summed E-state index contributed by atoms with van der Waals surface area (Å²) in [4.78, 5) is 34.6. The van der Waals surface area contributed by atoms with Crippen molar-refractivity contribution in [3.8, 4) is 11.3 Å². The predicted octanol–water partition coefficient (Wildman–Crippen LogP) is 3.45. The number of halogens is 2. The van der Waals surface area contributed by atoms with Crippen LogP contribution >= 0.6 is 11.6 Å². The lowest BCUT2D eigenvalue weighted by Gasteiger charge is -2.31. The molecule has 2 amide bonds. The van der Waals surface area contributed by atoms with Crippen molar-refractivity contribution < 1.29 is 18.7 Å². The quantitative estimate of drug-likeness (QED) is 0.404. The lowest BCUT2D eigenvalue weighted by molar-refractivity contribution is -0.131. The Morgan fingerprint density at radius 2 is 1.68 bits per heavy atom. The fourth-order valence-corrected chi connectivity index (χ4v) is 5.31. The number of anilines is 1. The van der Waals surface area contributed by atoms with Gasteiger partial charge in [0.25, 0.3) is 5.91 Å². The number of benzene rings is 2. The summed E-state index contributed by atoms with van der Waals surface area (Å²) in [7, 11) is 0. The van der Waals surface area contributed by atoms with Gasteiger partial charge >= 0.3 is 0 Å². The third-order valence-electron chi connectivity index (χ3n) is 7.47. The van der Waals surface area contributed by atoms with Gasteiger partial charge in [0.2, 0.25) is 5.91 Å². The van der Waals surface area contributed by atoms with Gasteiger partial charge in [-0.05, 0) is 48.9 Å². The number of nitrogens with zero attached hydrogens (tertiary/aromatic N) is 6. The molecule has 1 aromatic heterocycles. The molecule has 0 spiro atoms. The van der Waals surface area contributed by atoms with Gasteiger partial charge in [0.15, 0.2) is 5.82 Å². The largest absolute Gasteiger partial charge is 0.379 e. The van der Waals surface area contributed by atoms with Crippen LogP contribution in [0.1, 0.15) is 16.8 Å². The molecule has 0 unspecified atom stereocenters. The molecule has 5 rings (SSSR count). The summed E-state index contributed by atoms with van der Waals surface area (Å²) < 4.78 is 18.9. The van der Waals surface area contributed by atoms with E-state index in [9.17, 15) is 14.0 Å². The van der Waals surface area contributed by atoms with E-state index in [1.807, 2.05) is 41.3 Å². The molecular formula is C30H34ClFN6O3. The van der Waals surface area contributed by atoms with Crippen molar-refractivity contribution in [3.63, 3.8) is 0 Å². The highest BCUT2D eigenvalue weighted by atomic mass is 35.5. The van der Waals surface area contributed by atoms with E-state index in [0.29, 0.717) is 62.2 Å². The van der Waals surface area contributed by atoms with Gasteiger partial charge in [-0.25, -0.2) is 4.39 Å². The first-order chi connectivity index (χ1) is 20.0. The highest BCUT2D eigenvalue weighted by Crippen LogP contribution is 2.26. The fourth-order valence-electron chi connectivity index (χ4n) is 5.08. The second kappa shape index (κ2) is 13.8. The third kappa shape index (κ3) is 7.58. The molecule has 3 aromatic rings. The molecule has 0 N–H and O–H groups in total. The van der Waals surface area contributed by atoms with E-state index in [1.165, 1.54) is 24.3 Å². The van der Waals surface area contributed by atoms with Crippen molar-refractivity contribution in [1.29, 1.82) is 0 Å². The molecule has 41 heavy (non-hydrogen) atoms. The maximum absolute atomic E-state index is 13.5. The van der Waals surface area contributed by atoms with Gasteiger partial charge in [0, 0.05) is 63.5 Å². The summed E-state index contributed by atoms with van der Waals surface area (Å²) >= 11 is 6.31. The van der Waals surface area contributed by atoms with Gasteiger partial charge in [-0.1, -0.05) is 29.8 Å². The van der Waals surface area contributed by atoms with Crippen molar-refractivity contribution in [2.24, 2.45) is 0 Å². The molecule has 3 heterocycles. The van der Waals surface area contributed by atoms with Crippen molar-refractivity contribution in [2.75, 3.05) is 77.0 Å². The van der Waals surface area contributed by atoms with Crippen LogP contribution in [0, 0.1) is 5.82 Å². The molecule has 2 aliphatic heterocycles. The maximum Gasteiger partial charge on any atom is 0.254 e. The number of amides is 2. The van der Waals surface area contributed by atoms with Crippen LogP contribution in [0.5, 0.6) is 0 Å². The van der Waals surface area contributed by atoms with E-state index >= 15 is 0 Å². The Kier molecular flexibility index (Phi) is 9.76. The molecule has 0 aliphatic carbocycles. The summed E-state index contributed by atoms with van der Waals surface area (Å²) in [6.07, 6.45) is 0.763. The van der Waals surface area contributed by atoms with E-state index < -0.39 is 5.82 Å². The monoisotopic (exact) mass is 580 g/mol. The predicted molar refractivity (Wildman–Crippen MR) is 155 cm³/mol. The normalized spacial score (nSPS) is 16.3. The summed E-state index contributed by atoms with van der Waals surface area (Å²) in [5.74, 6) is -0.0510. The van der Waals surface area contributed by atoms with Crippen molar-refractivity contribution in [1.82, 2.24) is 24.9 Å². The Morgan fingerprint density at radius 3 is 2.41 bits per heavy atom. The van der Waals surface area contributed by atoms with Crippen LogP contribution in [0.3, 0.4) is 0 Å². The first-order valence-corrected chi connectivity index (χ1v) is 14.3. The standard InChI is InChI=1S/C30H34ClFN6O3/c31-26-5-2-1-4-25(26)27-10-11-28(34-33-27)36-12-3-13-37(17-16-36)29(39)22-38(15-14-35-18-20-41-21-19-35)30(40)23-6-8-24(32)9-7-23/h1-2,4-11H,3,12-22H2. The van der Waals surface area contributed by atoms with Crippen LogP contribution in [-0.2, 0) is 9.53 Å². The zero-order chi connectivity index (χ0) is 28.6. The number of carbonyl (C=O) groups is 2. The Labute approximate surface area is 244 Å². The molecule has 0 bridgehead atoms. The number of hydrogen-bond acceptors (Lipinski definition) is 7. The molecule has 0 radical (unpaired) electrons. The molecule has 2 saturated heterocycles. The van der Waals surface area contributed by atoms with Crippen LogP contribution in [-0.4, -0.2) is 109 Å². The smallest absolute Gasteiger partial charge is 0.254 e. The molecule has 11 heteroatoms. The van der Waals surface area contributed by atoms with Crippen LogP contribution in [0.15, 0.2) is 60.7 Å². The van der Waals surface area contributed by atoms with Gasteiger partial charge in [0.1, 0.15) is 12.4 Å². The van der Waals surface area contributed by atoms with Gasteiger partial charge < -0.3 is 19.4 Å². The first kappa shape index (κ1) is 28.9. The molecule has 2 aliphatic rings. The molecule has 2 fully saturated rings. The van der Waals surface area contributed by atoms with Gasteiger partial charge in [0.05, 0.1) is 23.9 Å². The fraction of sp³-hybridized carbons (Fsp3) is 0.400. The number of aromatic nitrogens is 2. The minimum absolute atomic E-state index is 0.0348. The van der Waals surface area contributed by atoms with Gasteiger partial charge in [-0.3, -0.25) is 14.5 Å². The molecule has 0 saturated carbocycles. The second-order valence-corrected chi connectivity index (χ2v) is 10.6. The topological polar surface area (TPSA) is 82.1 Å². The lowest BCUT2D eigenvalue weighted by Crippen LogP contribution is -2.47. The Morgan fingerprint density at radius 1 is 0.902 bits per heavy atom. The summed E-state index contributed by atoms with van der Waals surface area (Å²) in [5, 5.41) is 9.44. The molecule has 216 valence electrons. The third-order valence-corrected chi connectivity index (χ3v) is 7.80. The Balaban J connectivity index is 1.21. The number of ether oxygens (including phenoxy) is 1. The van der Waals surface area contributed by atoms with Gasteiger partial charge in [-0.15, -0.1) is 10.2 Å². The zero-order valence-corrected chi connectivity index (χ0v) is 23.7. The maximum atomic E-state index is 13.5. The number of morpholine rings is 1. The van der Waals surface area contributed by atoms with Crippen LogP contribution < -0.4 is 4.90 Å². The van der Waals surface area contributed by atoms with E-state index in [-0.39, 0.29) is 18.4 Å². The average Bonchev–Trinajstić information content (AvgIpc) is 3.27. The van der Waals surface area contributed by atoms with Crippen LogP contribution in [0.4, 0.5) is 10.2 Å². The van der Waals surface area contributed by atoms with E-state index in [1.54, 1.807) is 4.90 Å². The SMILES string of the molecule is O=C(CN(CCN1CCOCC1)C(=O)c1ccc(F)cc1)N1CCCN(c2ccc(-c3ccccc3Cl)nn2)CC1. The molecular weight excluding hydrogens is 547 g/mol. The number of rotatable bonds is 8. The highest BCUT2D eigenvalue weighted by molar-refractivity contribution is 6.33. The minimum atomic E-state index is -0.408. The number of carbonyl (C=O) groups excluding carboxylic acids is 2. The minimum Gasteiger partial charge on any atom is -0.379 e. The first-order valence-electron chi connectivity index (χ1n) is 13.9. The van der Waals surface area contributed by atoms with Crippen LogP contribution in [0.25, 0.3) is 11.3 Å². The average molecular weight is 581 g/mol. The Hall–Kier alpha value is -3.60. The highest BCUT2D eigenvalue weighted by Gasteiger charge is 2.25. The van der Waals surface area contributed by atoms with Crippen LogP contribution in [0.2, 0.25) is 5.02 Å². The van der Waals surface area contributed by atoms with Crippen molar-refractivity contribution in [3.05, 3.63) is 77.1 Å². The second-order valence-electron chi connectivity index (χ2n) is 10.2. The summed E-state index contributed by atoms with van der Waals surface area (Å²) in [6.45, 7) is 6.32. The van der Waals surface area contributed by atoms with Crippen molar-refractivity contribution >= 4 is 29.2 Å². The zero-order valence-electron chi connectivity index (χ0n) is 22.9. The number of hydrogen-bond donors (Lipinski definition) is 0. The molecule has 0 atom stereocenters. The van der Waals surface area contributed by atoms with Crippen molar-refractivity contribution in [2.45, 2.75) is 6.42 Å². The summed E-state index contributed by atoms with van der Waals surface area (Å²) in [6, 6.07) is 16.8. The Bertz CT molecular complexity index is 1320. The van der Waals surface area contributed by atoms with E-state index in [2.05, 4.69) is 20.0 Å². The van der Waals surface area contributed by atoms with E-state index in [4.69, 9.17) is 16.3 Å². The van der Waals surface area contributed by atoms with Gasteiger partial charge in [-0.2, -0.15) is 0 Å². The molecule has 2 aromatic carbocycles. The molecule has 9 nitrogen and oxygen atoms in total. The summed E-state index contributed by atoms with van der Waals surface area (Å²) in [5.41, 5.74) is 1.89. The van der Waals surface area contributed by atoms with E-state index in [0.717, 1.165) is 37.4 Å². The lowest BCUT2D eigenvalue weighted by atomic mass is 10.1.